The molecule has 94 valence electrons. The molecule has 1 nitrogen and oxygen atoms in total. The van der Waals surface area contributed by atoms with Crippen molar-refractivity contribution in [1.82, 2.24) is 0 Å². The maximum atomic E-state index is 6.39. The highest BCUT2D eigenvalue weighted by molar-refractivity contribution is 9.11. The summed E-state index contributed by atoms with van der Waals surface area (Å²) in [7, 11) is 0. The molecule has 0 aromatic heterocycles. The van der Waals surface area contributed by atoms with Gasteiger partial charge < -0.3 is 5.73 Å². The lowest BCUT2D eigenvalue weighted by molar-refractivity contribution is 0.853. The molecule has 2 aromatic carbocycles. The number of aryl methyl sites for hydroxylation is 1. The Labute approximate surface area is 125 Å². The predicted molar refractivity (Wildman–Crippen MR) is 83.8 cm³/mol. The van der Waals surface area contributed by atoms with Gasteiger partial charge in [0, 0.05) is 8.95 Å². The fraction of sp³-hybridized carbons (Fsp3) is 0.200. The number of rotatable bonds is 2. The molecule has 0 saturated heterocycles. The van der Waals surface area contributed by atoms with Crippen LogP contribution in [0.4, 0.5) is 0 Å². The second kappa shape index (κ2) is 5.55. The number of benzene rings is 2. The highest BCUT2D eigenvalue weighted by Gasteiger charge is 2.15. The fourth-order valence-electron chi connectivity index (χ4n) is 2.03. The van der Waals surface area contributed by atoms with Crippen molar-refractivity contribution in [2.24, 2.45) is 5.73 Å². The zero-order valence-electron chi connectivity index (χ0n) is 10.4. The van der Waals surface area contributed by atoms with E-state index in [9.17, 15) is 0 Å². The van der Waals surface area contributed by atoms with E-state index in [1.165, 1.54) is 16.7 Å². The molecular formula is C15H15Br2N. The van der Waals surface area contributed by atoms with Crippen molar-refractivity contribution in [2.75, 3.05) is 0 Å². The zero-order chi connectivity index (χ0) is 13.3. The number of halogens is 2. The molecule has 0 aliphatic carbocycles. The molecular weight excluding hydrogens is 354 g/mol. The van der Waals surface area contributed by atoms with Gasteiger partial charge in [0.2, 0.25) is 0 Å². The third kappa shape index (κ3) is 2.68. The van der Waals surface area contributed by atoms with E-state index < -0.39 is 0 Å². The lowest BCUT2D eigenvalue weighted by Crippen LogP contribution is -2.14. The second-order valence-electron chi connectivity index (χ2n) is 4.43. The SMILES string of the molecule is Cc1cccc(C(N)c2ccc(Br)cc2Br)c1C. The van der Waals surface area contributed by atoms with Gasteiger partial charge in [-0.05, 0) is 48.2 Å². The van der Waals surface area contributed by atoms with Gasteiger partial charge >= 0.3 is 0 Å². The number of nitrogens with two attached hydrogens (primary N) is 1. The number of hydrogen-bond acceptors (Lipinski definition) is 1. The van der Waals surface area contributed by atoms with E-state index in [1.807, 2.05) is 12.1 Å². The molecule has 2 rings (SSSR count). The first kappa shape index (κ1) is 13.8. The Kier molecular flexibility index (Phi) is 4.25. The van der Waals surface area contributed by atoms with E-state index in [0.717, 1.165) is 14.5 Å². The molecule has 0 heterocycles. The Balaban J connectivity index is 2.48. The molecule has 2 aromatic rings. The standard InChI is InChI=1S/C15H15Br2N/c1-9-4-3-5-12(10(9)2)15(18)13-7-6-11(16)8-14(13)17/h3-8,15H,18H2,1-2H3. The first-order chi connectivity index (χ1) is 8.50. The van der Waals surface area contributed by atoms with E-state index in [-0.39, 0.29) is 6.04 Å². The Morgan fingerprint density at radius 2 is 1.72 bits per heavy atom. The summed E-state index contributed by atoms with van der Waals surface area (Å²) in [6.07, 6.45) is 0. The average Bonchev–Trinajstić information content (AvgIpc) is 2.32. The van der Waals surface area contributed by atoms with Crippen LogP contribution in [-0.4, -0.2) is 0 Å². The van der Waals surface area contributed by atoms with Crippen molar-refractivity contribution in [1.29, 1.82) is 0 Å². The van der Waals surface area contributed by atoms with Crippen LogP contribution in [0.25, 0.3) is 0 Å². The third-order valence-electron chi connectivity index (χ3n) is 3.28. The van der Waals surface area contributed by atoms with Crippen LogP contribution in [-0.2, 0) is 0 Å². The van der Waals surface area contributed by atoms with Crippen molar-refractivity contribution in [3.63, 3.8) is 0 Å². The quantitative estimate of drug-likeness (QED) is 0.803. The van der Waals surface area contributed by atoms with Crippen molar-refractivity contribution >= 4 is 31.9 Å². The molecule has 0 radical (unpaired) electrons. The van der Waals surface area contributed by atoms with Crippen LogP contribution in [0.2, 0.25) is 0 Å². The van der Waals surface area contributed by atoms with Crippen LogP contribution in [0.5, 0.6) is 0 Å². The predicted octanol–water partition coefficient (Wildman–Crippen LogP) is 4.88. The average molecular weight is 369 g/mol. The topological polar surface area (TPSA) is 26.0 Å². The van der Waals surface area contributed by atoms with Gasteiger partial charge in [0.05, 0.1) is 6.04 Å². The van der Waals surface area contributed by atoms with Gasteiger partial charge in [-0.1, -0.05) is 56.1 Å². The highest BCUT2D eigenvalue weighted by atomic mass is 79.9. The molecule has 3 heteroatoms. The minimum absolute atomic E-state index is 0.104. The summed E-state index contributed by atoms with van der Waals surface area (Å²) in [6, 6.07) is 12.3. The van der Waals surface area contributed by atoms with Crippen molar-refractivity contribution in [3.8, 4) is 0 Å². The Hall–Kier alpha value is -0.640. The van der Waals surface area contributed by atoms with Gasteiger partial charge in [0.1, 0.15) is 0 Å². The molecule has 1 unspecified atom stereocenters. The third-order valence-corrected chi connectivity index (χ3v) is 4.46. The van der Waals surface area contributed by atoms with Gasteiger partial charge in [0.15, 0.2) is 0 Å². The van der Waals surface area contributed by atoms with E-state index in [2.05, 4.69) is 70.0 Å². The zero-order valence-corrected chi connectivity index (χ0v) is 13.5. The summed E-state index contributed by atoms with van der Waals surface area (Å²) in [5.74, 6) is 0. The normalized spacial score (nSPS) is 12.5. The van der Waals surface area contributed by atoms with E-state index in [4.69, 9.17) is 5.73 Å². The molecule has 0 spiro atoms. The van der Waals surface area contributed by atoms with Crippen LogP contribution in [0, 0.1) is 13.8 Å². The van der Waals surface area contributed by atoms with E-state index in [1.54, 1.807) is 0 Å². The largest absolute Gasteiger partial charge is 0.320 e. The summed E-state index contributed by atoms with van der Waals surface area (Å²) >= 11 is 7.03. The van der Waals surface area contributed by atoms with Gasteiger partial charge in [-0.15, -0.1) is 0 Å². The summed E-state index contributed by atoms with van der Waals surface area (Å²) in [4.78, 5) is 0. The minimum atomic E-state index is -0.104. The Morgan fingerprint density at radius 1 is 1.00 bits per heavy atom. The van der Waals surface area contributed by atoms with Crippen LogP contribution >= 0.6 is 31.9 Å². The maximum absolute atomic E-state index is 6.39. The summed E-state index contributed by atoms with van der Waals surface area (Å²) in [5, 5.41) is 0. The Bertz CT molecular complexity index is 579. The van der Waals surface area contributed by atoms with Gasteiger partial charge in [0.25, 0.3) is 0 Å². The van der Waals surface area contributed by atoms with Crippen LogP contribution in [0.3, 0.4) is 0 Å². The second-order valence-corrected chi connectivity index (χ2v) is 6.20. The molecule has 0 saturated carbocycles. The van der Waals surface area contributed by atoms with Crippen molar-refractivity contribution < 1.29 is 0 Å². The summed E-state index contributed by atoms with van der Waals surface area (Å²) in [5.41, 5.74) is 11.2. The van der Waals surface area contributed by atoms with Crippen LogP contribution in [0.1, 0.15) is 28.3 Å². The summed E-state index contributed by atoms with van der Waals surface area (Å²) < 4.78 is 2.08. The van der Waals surface area contributed by atoms with Gasteiger partial charge in [-0.25, -0.2) is 0 Å². The smallest absolute Gasteiger partial charge is 0.0565 e. The van der Waals surface area contributed by atoms with Crippen LogP contribution in [0.15, 0.2) is 45.3 Å². The maximum Gasteiger partial charge on any atom is 0.0565 e. The molecule has 0 aliphatic heterocycles. The molecule has 18 heavy (non-hydrogen) atoms. The van der Waals surface area contributed by atoms with Crippen molar-refractivity contribution in [3.05, 3.63) is 67.6 Å². The molecule has 1 atom stereocenters. The first-order valence-electron chi connectivity index (χ1n) is 5.77. The number of hydrogen-bond donors (Lipinski definition) is 1. The van der Waals surface area contributed by atoms with Gasteiger partial charge in [-0.3, -0.25) is 0 Å². The summed E-state index contributed by atoms with van der Waals surface area (Å²) in [6.45, 7) is 4.24. The highest BCUT2D eigenvalue weighted by Crippen LogP contribution is 2.31. The minimum Gasteiger partial charge on any atom is -0.320 e. The molecule has 0 fully saturated rings. The van der Waals surface area contributed by atoms with Gasteiger partial charge in [-0.2, -0.15) is 0 Å². The molecule has 2 N–H and O–H groups in total. The van der Waals surface area contributed by atoms with Crippen LogP contribution < -0.4 is 5.73 Å². The Morgan fingerprint density at radius 3 is 2.39 bits per heavy atom. The molecule has 0 amide bonds. The first-order valence-corrected chi connectivity index (χ1v) is 7.36. The van der Waals surface area contributed by atoms with Crippen molar-refractivity contribution in [2.45, 2.75) is 19.9 Å². The lowest BCUT2D eigenvalue weighted by atomic mass is 9.93. The van der Waals surface area contributed by atoms with E-state index >= 15 is 0 Å². The fourth-order valence-corrected chi connectivity index (χ4v) is 3.33. The van der Waals surface area contributed by atoms with E-state index in [0.29, 0.717) is 0 Å². The monoisotopic (exact) mass is 367 g/mol. The molecule has 0 bridgehead atoms. The molecule has 0 aliphatic rings. The lowest BCUT2D eigenvalue weighted by Gasteiger charge is -2.18.